The number of aryl methyl sites for hydroxylation is 1. The maximum absolute atomic E-state index is 13.2. The van der Waals surface area contributed by atoms with Crippen molar-refractivity contribution in [2.75, 3.05) is 55.6 Å². The Morgan fingerprint density at radius 1 is 0.648 bits per heavy atom. The van der Waals surface area contributed by atoms with Gasteiger partial charge in [0.15, 0.2) is 5.78 Å². The number of hydrogen-bond acceptors (Lipinski definition) is 7. The number of phenolic OH excluding ortho intramolecular Hbond substituents is 1. The van der Waals surface area contributed by atoms with Gasteiger partial charge < -0.3 is 19.8 Å². The SMILES string of the molecule is O=C1CC[C@H](N2Cc3cc(N4CCN(CC5CCN(c6ccc([C@H]7c8ccc(O)cc8CC[C@H]7c7ccccc7)cc6)CC5)CC4)ccc3C2=O)C(=O)C1. The van der Waals surface area contributed by atoms with Gasteiger partial charge in [-0.1, -0.05) is 48.5 Å². The summed E-state index contributed by atoms with van der Waals surface area (Å²) in [4.78, 5) is 46.8. The fraction of sp³-hybridized carbons (Fsp3) is 0.413. The summed E-state index contributed by atoms with van der Waals surface area (Å²) in [5.74, 6) is 1.51. The highest BCUT2D eigenvalue weighted by atomic mass is 16.3. The third-order valence-electron chi connectivity index (χ3n) is 13.0. The Labute approximate surface area is 318 Å². The van der Waals surface area contributed by atoms with Crippen molar-refractivity contribution in [1.29, 1.82) is 0 Å². The van der Waals surface area contributed by atoms with E-state index in [0.29, 0.717) is 42.5 Å². The number of amides is 1. The summed E-state index contributed by atoms with van der Waals surface area (Å²) in [6.45, 7) is 7.73. The van der Waals surface area contributed by atoms with Crippen molar-refractivity contribution in [1.82, 2.24) is 9.80 Å². The van der Waals surface area contributed by atoms with Crippen LogP contribution in [-0.2, 0) is 22.6 Å². The lowest BCUT2D eigenvalue weighted by Gasteiger charge is -2.40. The molecule has 8 heteroatoms. The Balaban J connectivity index is 0.780. The average Bonchev–Trinajstić information content (AvgIpc) is 3.53. The minimum atomic E-state index is -0.474. The van der Waals surface area contributed by atoms with Crippen LogP contribution in [0.3, 0.4) is 0 Å². The number of phenols is 1. The van der Waals surface area contributed by atoms with Gasteiger partial charge in [0.2, 0.25) is 0 Å². The third kappa shape index (κ3) is 6.81. The molecule has 1 N–H and O–H groups in total. The second kappa shape index (κ2) is 14.7. The number of rotatable bonds is 7. The summed E-state index contributed by atoms with van der Waals surface area (Å²) in [6.07, 6.45) is 5.22. The summed E-state index contributed by atoms with van der Waals surface area (Å²) in [5, 5.41) is 10.2. The number of ketones is 2. The molecule has 0 radical (unpaired) electrons. The molecule has 1 saturated carbocycles. The summed E-state index contributed by atoms with van der Waals surface area (Å²) in [6, 6.07) is 31.9. The van der Waals surface area contributed by atoms with Crippen LogP contribution in [0.15, 0.2) is 91.0 Å². The Hall–Kier alpha value is -4.95. The molecule has 4 aromatic rings. The van der Waals surface area contributed by atoms with E-state index in [-0.39, 0.29) is 29.8 Å². The first-order valence-electron chi connectivity index (χ1n) is 20.0. The summed E-state index contributed by atoms with van der Waals surface area (Å²) in [5.41, 5.74) is 9.48. The Kier molecular flexibility index (Phi) is 9.48. The third-order valence-corrected chi connectivity index (χ3v) is 13.0. The van der Waals surface area contributed by atoms with E-state index in [0.717, 1.165) is 69.9 Å². The van der Waals surface area contributed by atoms with E-state index in [1.807, 2.05) is 18.2 Å². The molecule has 0 aromatic heterocycles. The van der Waals surface area contributed by atoms with Crippen LogP contribution in [0.5, 0.6) is 5.75 Å². The second-order valence-corrected chi connectivity index (χ2v) is 16.2. The number of anilines is 2. The molecule has 0 unspecified atom stereocenters. The molecule has 54 heavy (non-hydrogen) atoms. The first kappa shape index (κ1) is 34.8. The van der Waals surface area contributed by atoms with Crippen LogP contribution in [0.1, 0.15) is 88.5 Å². The van der Waals surface area contributed by atoms with E-state index in [9.17, 15) is 19.5 Å². The van der Waals surface area contributed by atoms with Crippen LogP contribution < -0.4 is 9.80 Å². The Bertz CT molecular complexity index is 2030. The standard InChI is InChI=1S/C46H50N4O4/c51-38-12-16-41-34(27-38)8-14-40(32-4-2-1-3-5-32)45(41)33-6-9-36(10-7-33)48-20-18-31(19-21-48)29-47-22-24-49(25-23-47)37-11-15-42-35(26-37)30-50(46(42)54)43-17-13-39(52)28-44(43)53/h1-7,9-12,15-16,26-27,31,40,43,45,51H,8,13-14,17-25,28-30H2/t40-,43-,45+/m0/s1. The van der Waals surface area contributed by atoms with Crippen molar-refractivity contribution < 1.29 is 19.5 Å². The molecule has 9 rings (SSSR count). The van der Waals surface area contributed by atoms with Gasteiger partial charge in [-0.2, -0.15) is 0 Å². The van der Waals surface area contributed by atoms with Gasteiger partial charge in [-0.15, -0.1) is 0 Å². The fourth-order valence-electron chi connectivity index (χ4n) is 10.1. The molecule has 2 saturated heterocycles. The number of hydrogen-bond donors (Lipinski definition) is 1. The number of fused-ring (bicyclic) bond motifs is 2. The number of benzene rings is 4. The van der Waals surface area contributed by atoms with Crippen molar-refractivity contribution in [3.8, 4) is 5.75 Å². The molecule has 1 amide bonds. The van der Waals surface area contributed by atoms with E-state index in [4.69, 9.17) is 0 Å². The molecule has 8 nitrogen and oxygen atoms in total. The van der Waals surface area contributed by atoms with E-state index in [2.05, 4.69) is 87.5 Å². The largest absolute Gasteiger partial charge is 0.508 e. The molecule has 2 aliphatic carbocycles. The van der Waals surface area contributed by atoms with Crippen LogP contribution in [-0.4, -0.2) is 84.2 Å². The zero-order valence-electron chi connectivity index (χ0n) is 31.0. The van der Waals surface area contributed by atoms with Gasteiger partial charge in [-0.3, -0.25) is 19.3 Å². The van der Waals surface area contributed by atoms with Crippen LogP contribution in [0.2, 0.25) is 0 Å². The molecular formula is C46H50N4O4. The normalized spacial score (nSPS) is 23.8. The highest BCUT2D eigenvalue weighted by molar-refractivity contribution is 6.07. The monoisotopic (exact) mass is 722 g/mol. The predicted molar refractivity (Wildman–Crippen MR) is 211 cm³/mol. The Morgan fingerprint density at radius 2 is 1.39 bits per heavy atom. The van der Waals surface area contributed by atoms with Gasteiger partial charge in [0, 0.05) is 81.6 Å². The number of carbonyl (C=O) groups excluding carboxylic acids is 3. The topological polar surface area (TPSA) is 84.4 Å². The molecule has 3 aliphatic heterocycles. The molecule has 5 aliphatic rings. The van der Waals surface area contributed by atoms with E-state index in [1.165, 1.54) is 40.8 Å². The highest BCUT2D eigenvalue weighted by Gasteiger charge is 2.39. The minimum absolute atomic E-state index is 0.0167. The first-order valence-corrected chi connectivity index (χ1v) is 20.0. The summed E-state index contributed by atoms with van der Waals surface area (Å²) in [7, 11) is 0. The smallest absolute Gasteiger partial charge is 0.255 e. The van der Waals surface area contributed by atoms with Crippen LogP contribution in [0.25, 0.3) is 0 Å². The maximum Gasteiger partial charge on any atom is 0.255 e. The maximum atomic E-state index is 13.2. The number of Topliss-reactive ketones (excluding diaryl/α,β-unsaturated/α-hetero) is 2. The number of carbonyl (C=O) groups is 3. The van der Waals surface area contributed by atoms with Crippen molar-refractivity contribution in [3.05, 3.63) is 124 Å². The lowest BCUT2D eigenvalue weighted by molar-refractivity contribution is -0.133. The molecule has 0 bridgehead atoms. The molecule has 3 atom stereocenters. The zero-order chi connectivity index (χ0) is 36.8. The lowest BCUT2D eigenvalue weighted by Crippen LogP contribution is -2.49. The van der Waals surface area contributed by atoms with Crippen molar-refractivity contribution in [2.24, 2.45) is 5.92 Å². The molecule has 4 aromatic carbocycles. The van der Waals surface area contributed by atoms with Gasteiger partial charge in [0.05, 0.1) is 12.5 Å². The van der Waals surface area contributed by atoms with Crippen molar-refractivity contribution >= 4 is 28.8 Å². The van der Waals surface area contributed by atoms with Gasteiger partial charge in [0.25, 0.3) is 5.91 Å². The fourth-order valence-corrected chi connectivity index (χ4v) is 10.1. The number of nitrogens with zero attached hydrogens (tertiary/aromatic N) is 4. The molecule has 278 valence electrons. The highest BCUT2D eigenvalue weighted by Crippen LogP contribution is 2.47. The molecular weight excluding hydrogens is 673 g/mol. The summed E-state index contributed by atoms with van der Waals surface area (Å²) < 4.78 is 0. The number of piperidine rings is 1. The number of aromatic hydroxyl groups is 1. The van der Waals surface area contributed by atoms with Crippen LogP contribution in [0, 0.1) is 5.92 Å². The number of piperazine rings is 1. The summed E-state index contributed by atoms with van der Waals surface area (Å²) >= 11 is 0. The minimum Gasteiger partial charge on any atom is -0.508 e. The van der Waals surface area contributed by atoms with E-state index in [1.54, 1.807) is 4.90 Å². The lowest BCUT2D eigenvalue weighted by atomic mass is 9.69. The van der Waals surface area contributed by atoms with Gasteiger partial charge in [0.1, 0.15) is 11.5 Å². The molecule has 3 fully saturated rings. The zero-order valence-corrected chi connectivity index (χ0v) is 31.0. The first-order chi connectivity index (χ1) is 26.4. The Morgan fingerprint density at radius 3 is 2.15 bits per heavy atom. The molecule has 0 spiro atoms. The van der Waals surface area contributed by atoms with Crippen LogP contribution >= 0.6 is 0 Å². The van der Waals surface area contributed by atoms with E-state index < -0.39 is 6.04 Å². The van der Waals surface area contributed by atoms with Crippen LogP contribution in [0.4, 0.5) is 11.4 Å². The average molecular weight is 723 g/mol. The molecule has 3 heterocycles. The quantitative estimate of drug-likeness (QED) is 0.207. The van der Waals surface area contributed by atoms with Crippen molar-refractivity contribution in [2.45, 2.75) is 69.4 Å². The van der Waals surface area contributed by atoms with Gasteiger partial charge in [-0.25, -0.2) is 0 Å². The second-order valence-electron chi connectivity index (χ2n) is 16.2. The van der Waals surface area contributed by atoms with Gasteiger partial charge >= 0.3 is 0 Å². The van der Waals surface area contributed by atoms with Crippen molar-refractivity contribution in [3.63, 3.8) is 0 Å². The predicted octanol–water partition coefficient (Wildman–Crippen LogP) is 6.94. The van der Waals surface area contributed by atoms with E-state index >= 15 is 0 Å². The van der Waals surface area contributed by atoms with Gasteiger partial charge in [-0.05, 0) is 114 Å².